The summed E-state index contributed by atoms with van der Waals surface area (Å²) >= 11 is 0. The van der Waals surface area contributed by atoms with Crippen molar-refractivity contribution >= 4 is 5.95 Å². The van der Waals surface area contributed by atoms with Gasteiger partial charge in [-0.05, 0) is 12.8 Å². The zero-order valence-electron chi connectivity index (χ0n) is 8.16. The summed E-state index contributed by atoms with van der Waals surface area (Å²) in [5.74, 6) is -0.0652. The summed E-state index contributed by atoms with van der Waals surface area (Å²) in [6, 6.07) is 0.0762. The first kappa shape index (κ1) is 10.3. The Labute approximate surface area is 85.7 Å². The number of aromatic amines is 1. The number of nitrogens with zero attached hydrogens (tertiary/aromatic N) is 3. The SMILES string of the molecule is NC1CCCN(c2n[nH]c(C(F)F)n2)C1. The van der Waals surface area contributed by atoms with E-state index in [-0.39, 0.29) is 11.9 Å². The predicted octanol–water partition coefficient (Wildman–Crippen LogP) is 0.670. The van der Waals surface area contributed by atoms with Gasteiger partial charge in [-0.2, -0.15) is 4.98 Å². The van der Waals surface area contributed by atoms with Crippen molar-refractivity contribution in [3.8, 4) is 0 Å². The van der Waals surface area contributed by atoms with Gasteiger partial charge in [-0.1, -0.05) is 0 Å². The van der Waals surface area contributed by atoms with Crippen molar-refractivity contribution in [1.82, 2.24) is 15.2 Å². The molecule has 5 nitrogen and oxygen atoms in total. The number of alkyl halides is 2. The van der Waals surface area contributed by atoms with E-state index in [1.807, 2.05) is 4.90 Å². The van der Waals surface area contributed by atoms with Gasteiger partial charge >= 0.3 is 0 Å². The number of piperidine rings is 1. The van der Waals surface area contributed by atoms with Crippen molar-refractivity contribution < 1.29 is 8.78 Å². The van der Waals surface area contributed by atoms with E-state index in [2.05, 4.69) is 15.2 Å². The van der Waals surface area contributed by atoms with Crippen molar-refractivity contribution in [2.24, 2.45) is 5.73 Å². The molecular formula is C8H13F2N5. The van der Waals surface area contributed by atoms with Crippen LogP contribution in [0, 0.1) is 0 Å². The Morgan fingerprint density at radius 1 is 1.53 bits per heavy atom. The minimum absolute atomic E-state index is 0.0762. The molecule has 0 radical (unpaired) electrons. The second-order valence-electron chi connectivity index (χ2n) is 3.67. The monoisotopic (exact) mass is 217 g/mol. The van der Waals surface area contributed by atoms with Crippen LogP contribution in [0.4, 0.5) is 14.7 Å². The zero-order valence-corrected chi connectivity index (χ0v) is 8.16. The number of anilines is 1. The molecule has 1 aliphatic rings. The van der Waals surface area contributed by atoms with Crippen LogP contribution in [0.1, 0.15) is 25.1 Å². The zero-order chi connectivity index (χ0) is 10.8. The Bertz CT molecular complexity index is 327. The van der Waals surface area contributed by atoms with Crippen LogP contribution in [0.2, 0.25) is 0 Å². The fourth-order valence-corrected chi connectivity index (χ4v) is 1.70. The summed E-state index contributed by atoms with van der Waals surface area (Å²) in [5.41, 5.74) is 5.77. The molecule has 0 saturated carbocycles. The van der Waals surface area contributed by atoms with Crippen LogP contribution in [0.3, 0.4) is 0 Å². The highest BCUT2D eigenvalue weighted by molar-refractivity contribution is 5.30. The van der Waals surface area contributed by atoms with Gasteiger partial charge in [0, 0.05) is 19.1 Å². The molecule has 0 bridgehead atoms. The average molecular weight is 217 g/mol. The topological polar surface area (TPSA) is 70.8 Å². The van der Waals surface area contributed by atoms with Crippen LogP contribution in [0.25, 0.3) is 0 Å². The smallest absolute Gasteiger partial charge is 0.296 e. The first-order valence-electron chi connectivity index (χ1n) is 4.88. The number of H-pyrrole nitrogens is 1. The molecule has 0 aliphatic carbocycles. The van der Waals surface area contributed by atoms with E-state index in [1.54, 1.807) is 0 Å². The lowest BCUT2D eigenvalue weighted by atomic mass is 10.1. The Morgan fingerprint density at radius 2 is 2.33 bits per heavy atom. The summed E-state index contributed by atoms with van der Waals surface area (Å²) in [6.07, 6.45) is -0.702. The first-order chi connectivity index (χ1) is 7.16. The Kier molecular flexibility index (Phi) is 2.81. The summed E-state index contributed by atoms with van der Waals surface area (Å²) < 4.78 is 24.5. The lowest BCUT2D eigenvalue weighted by Crippen LogP contribution is -2.43. The lowest BCUT2D eigenvalue weighted by molar-refractivity contribution is 0.141. The van der Waals surface area contributed by atoms with E-state index in [9.17, 15) is 8.78 Å². The number of nitrogens with one attached hydrogen (secondary N) is 1. The maximum Gasteiger partial charge on any atom is 0.296 e. The predicted molar refractivity (Wildman–Crippen MR) is 50.8 cm³/mol. The standard InChI is InChI=1S/C8H13F2N5/c9-6(10)7-12-8(14-13-7)15-3-1-2-5(11)4-15/h5-6H,1-4,11H2,(H,12,13,14). The van der Waals surface area contributed by atoms with Gasteiger partial charge in [0.1, 0.15) is 0 Å². The molecular weight excluding hydrogens is 204 g/mol. The highest BCUT2D eigenvalue weighted by Gasteiger charge is 2.21. The van der Waals surface area contributed by atoms with E-state index in [1.165, 1.54) is 0 Å². The third-order valence-electron chi connectivity index (χ3n) is 2.44. The number of rotatable bonds is 2. The van der Waals surface area contributed by atoms with E-state index < -0.39 is 6.43 Å². The maximum atomic E-state index is 12.2. The van der Waals surface area contributed by atoms with Crippen LogP contribution in [-0.4, -0.2) is 34.3 Å². The molecule has 0 amide bonds. The van der Waals surface area contributed by atoms with Gasteiger partial charge < -0.3 is 10.6 Å². The molecule has 1 fully saturated rings. The molecule has 1 saturated heterocycles. The molecule has 1 aromatic heterocycles. The van der Waals surface area contributed by atoms with Crippen LogP contribution < -0.4 is 10.6 Å². The van der Waals surface area contributed by atoms with Crippen molar-refractivity contribution in [3.63, 3.8) is 0 Å². The van der Waals surface area contributed by atoms with Gasteiger partial charge in [-0.15, -0.1) is 5.10 Å². The Morgan fingerprint density at radius 3 is 2.93 bits per heavy atom. The van der Waals surface area contributed by atoms with Gasteiger partial charge in [0.05, 0.1) is 0 Å². The van der Waals surface area contributed by atoms with E-state index in [0.717, 1.165) is 19.4 Å². The second-order valence-corrected chi connectivity index (χ2v) is 3.67. The van der Waals surface area contributed by atoms with E-state index in [0.29, 0.717) is 12.5 Å². The molecule has 2 rings (SSSR count). The third kappa shape index (κ3) is 2.23. The van der Waals surface area contributed by atoms with Gasteiger partial charge in [0.2, 0.25) is 5.95 Å². The Balaban J connectivity index is 2.08. The molecule has 15 heavy (non-hydrogen) atoms. The maximum absolute atomic E-state index is 12.2. The van der Waals surface area contributed by atoms with Crippen LogP contribution in [-0.2, 0) is 0 Å². The largest absolute Gasteiger partial charge is 0.338 e. The van der Waals surface area contributed by atoms with Crippen molar-refractivity contribution in [3.05, 3.63) is 5.82 Å². The highest BCUT2D eigenvalue weighted by atomic mass is 19.3. The van der Waals surface area contributed by atoms with Gasteiger partial charge in [-0.3, -0.25) is 5.10 Å². The summed E-state index contributed by atoms with van der Waals surface area (Å²) in [5, 5.41) is 5.97. The molecule has 84 valence electrons. The Hall–Kier alpha value is -1.24. The van der Waals surface area contributed by atoms with Crippen LogP contribution in [0.15, 0.2) is 0 Å². The molecule has 0 aromatic carbocycles. The molecule has 0 spiro atoms. The molecule has 7 heteroatoms. The molecule has 2 heterocycles. The summed E-state index contributed by atoms with van der Waals surface area (Å²) in [4.78, 5) is 5.55. The summed E-state index contributed by atoms with van der Waals surface area (Å²) in [7, 11) is 0. The number of halogens is 2. The van der Waals surface area contributed by atoms with Gasteiger partial charge in [0.25, 0.3) is 6.43 Å². The molecule has 3 N–H and O–H groups in total. The van der Waals surface area contributed by atoms with Gasteiger partial charge in [0.15, 0.2) is 5.82 Å². The quantitative estimate of drug-likeness (QED) is 0.763. The van der Waals surface area contributed by atoms with Crippen molar-refractivity contribution in [1.29, 1.82) is 0 Å². The number of aromatic nitrogens is 3. The van der Waals surface area contributed by atoms with Crippen LogP contribution >= 0.6 is 0 Å². The first-order valence-corrected chi connectivity index (χ1v) is 4.88. The van der Waals surface area contributed by atoms with Crippen LogP contribution in [0.5, 0.6) is 0 Å². The third-order valence-corrected chi connectivity index (χ3v) is 2.44. The average Bonchev–Trinajstić information content (AvgIpc) is 2.66. The minimum atomic E-state index is -2.61. The number of hydrogen-bond donors (Lipinski definition) is 2. The molecule has 1 aliphatic heterocycles. The van der Waals surface area contributed by atoms with Gasteiger partial charge in [-0.25, -0.2) is 8.78 Å². The van der Waals surface area contributed by atoms with E-state index in [4.69, 9.17) is 5.73 Å². The van der Waals surface area contributed by atoms with Crippen molar-refractivity contribution in [2.45, 2.75) is 25.3 Å². The summed E-state index contributed by atoms with van der Waals surface area (Å²) in [6.45, 7) is 1.40. The second kappa shape index (κ2) is 4.09. The molecule has 1 unspecified atom stereocenters. The number of nitrogens with two attached hydrogens (primary N) is 1. The minimum Gasteiger partial charge on any atom is -0.338 e. The molecule has 1 aromatic rings. The lowest BCUT2D eigenvalue weighted by Gasteiger charge is -2.29. The number of hydrogen-bond acceptors (Lipinski definition) is 4. The fraction of sp³-hybridized carbons (Fsp3) is 0.750. The highest BCUT2D eigenvalue weighted by Crippen LogP contribution is 2.19. The molecule has 1 atom stereocenters. The van der Waals surface area contributed by atoms with E-state index >= 15 is 0 Å². The fourth-order valence-electron chi connectivity index (χ4n) is 1.70. The normalized spacial score (nSPS) is 22.4. The van der Waals surface area contributed by atoms with Crippen molar-refractivity contribution in [2.75, 3.05) is 18.0 Å².